The number of pyridine rings is 1. The predicted octanol–water partition coefficient (Wildman–Crippen LogP) is 4.11. The summed E-state index contributed by atoms with van der Waals surface area (Å²) in [6.45, 7) is 2.42. The number of hydrogen-bond donors (Lipinski definition) is 1. The average Bonchev–Trinajstić information content (AvgIpc) is 3.64. The lowest BCUT2D eigenvalue weighted by Gasteiger charge is -2.21. The van der Waals surface area contributed by atoms with Gasteiger partial charge in [-0.15, -0.1) is 0 Å². The van der Waals surface area contributed by atoms with Crippen molar-refractivity contribution in [1.29, 1.82) is 0 Å². The first kappa shape index (κ1) is 23.6. The van der Waals surface area contributed by atoms with Crippen molar-refractivity contribution >= 4 is 33.2 Å². The van der Waals surface area contributed by atoms with Gasteiger partial charge in [-0.25, -0.2) is 13.4 Å². The molecule has 0 saturated heterocycles. The fraction of sp³-hybridized carbons (Fsp3) is 0.269. The molecule has 2 amide bonds. The fourth-order valence-electron chi connectivity index (χ4n) is 3.68. The van der Waals surface area contributed by atoms with Crippen molar-refractivity contribution < 1.29 is 18.0 Å². The van der Waals surface area contributed by atoms with E-state index in [9.17, 15) is 18.0 Å². The third-order valence-electron chi connectivity index (χ3n) is 5.71. The lowest BCUT2D eigenvalue weighted by atomic mass is 10.1. The van der Waals surface area contributed by atoms with Gasteiger partial charge >= 0.3 is 0 Å². The summed E-state index contributed by atoms with van der Waals surface area (Å²) in [7, 11) is -3.27. The van der Waals surface area contributed by atoms with Crippen molar-refractivity contribution in [3.8, 4) is 0 Å². The lowest BCUT2D eigenvalue weighted by Crippen LogP contribution is -2.30. The Balaban J connectivity index is 1.35. The van der Waals surface area contributed by atoms with E-state index in [1.54, 1.807) is 41.3 Å². The third-order valence-corrected chi connectivity index (χ3v) is 7.61. The first-order valence-corrected chi connectivity index (χ1v) is 13.0. The summed E-state index contributed by atoms with van der Waals surface area (Å²) in [5.41, 5.74) is 1.93. The molecular weight excluding hydrogens is 450 g/mol. The topological polar surface area (TPSA) is 96.4 Å². The molecule has 8 heteroatoms. The average molecular weight is 478 g/mol. The van der Waals surface area contributed by atoms with E-state index < -0.39 is 9.84 Å². The largest absolute Gasteiger partial charge is 0.310 e. The van der Waals surface area contributed by atoms with E-state index in [0.717, 1.165) is 18.5 Å². The summed E-state index contributed by atoms with van der Waals surface area (Å²) in [5, 5.41) is 2.72. The Morgan fingerprint density at radius 2 is 1.71 bits per heavy atom. The zero-order valence-corrected chi connectivity index (χ0v) is 19.8. The summed E-state index contributed by atoms with van der Waals surface area (Å²) in [5.74, 6) is 0.370. The molecule has 4 rings (SSSR count). The minimum Gasteiger partial charge on any atom is -0.310 e. The Labute approximate surface area is 199 Å². The number of para-hydroxylation sites is 1. The molecule has 1 aromatic heterocycles. The number of carbonyl (C=O) groups is 2. The van der Waals surface area contributed by atoms with Crippen LogP contribution in [0.2, 0.25) is 0 Å². The number of carbonyl (C=O) groups excluding carboxylic acids is 2. The van der Waals surface area contributed by atoms with Gasteiger partial charge in [-0.2, -0.15) is 0 Å². The highest BCUT2D eigenvalue weighted by molar-refractivity contribution is 7.91. The number of nitrogens with one attached hydrogen (secondary N) is 1. The van der Waals surface area contributed by atoms with E-state index in [2.05, 4.69) is 10.3 Å². The maximum atomic E-state index is 12.9. The van der Waals surface area contributed by atoms with Crippen LogP contribution < -0.4 is 10.2 Å². The van der Waals surface area contributed by atoms with E-state index in [-0.39, 0.29) is 29.9 Å². The third kappa shape index (κ3) is 5.88. The number of hydrogen-bond acceptors (Lipinski definition) is 5. The van der Waals surface area contributed by atoms with Crippen molar-refractivity contribution in [1.82, 2.24) is 4.98 Å². The van der Waals surface area contributed by atoms with Crippen LogP contribution in [0.5, 0.6) is 0 Å². The second kappa shape index (κ2) is 10.2. The number of aromatic nitrogens is 1. The van der Waals surface area contributed by atoms with Crippen LogP contribution in [-0.2, 0) is 21.1 Å². The van der Waals surface area contributed by atoms with Gasteiger partial charge in [0.25, 0.3) is 5.91 Å². The zero-order valence-electron chi connectivity index (χ0n) is 19.0. The molecule has 1 heterocycles. The minimum atomic E-state index is -3.27. The molecular formula is C26H27N3O4S. The summed E-state index contributed by atoms with van der Waals surface area (Å²) in [6, 6.07) is 19.1. The van der Waals surface area contributed by atoms with Crippen LogP contribution in [-0.4, -0.2) is 37.5 Å². The quantitative estimate of drug-likeness (QED) is 0.500. The van der Waals surface area contributed by atoms with Gasteiger partial charge in [0.05, 0.1) is 22.6 Å². The Hall–Kier alpha value is -3.52. The Kier molecular flexibility index (Phi) is 7.07. The van der Waals surface area contributed by atoms with Crippen molar-refractivity contribution in [3.63, 3.8) is 0 Å². The van der Waals surface area contributed by atoms with Gasteiger partial charge in [0.1, 0.15) is 5.82 Å². The van der Waals surface area contributed by atoms with Gasteiger partial charge in [0, 0.05) is 18.4 Å². The van der Waals surface area contributed by atoms with Crippen LogP contribution >= 0.6 is 0 Å². The molecule has 176 valence electrons. The fourth-order valence-corrected chi connectivity index (χ4v) is 5.38. The summed E-state index contributed by atoms with van der Waals surface area (Å²) in [6.07, 6.45) is 3.49. The van der Waals surface area contributed by atoms with E-state index in [0.29, 0.717) is 28.4 Å². The van der Waals surface area contributed by atoms with Gasteiger partial charge in [-0.1, -0.05) is 30.3 Å². The van der Waals surface area contributed by atoms with Crippen LogP contribution in [0.15, 0.2) is 77.8 Å². The lowest BCUT2D eigenvalue weighted by molar-refractivity contribution is -0.115. The van der Waals surface area contributed by atoms with Crippen LogP contribution in [0.25, 0.3) is 0 Å². The molecule has 3 aromatic rings. The van der Waals surface area contributed by atoms with E-state index in [4.69, 9.17) is 0 Å². The standard InChI is InChI=1S/C26H27N3O4S/c1-2-29(22-6-4-3-5-7-22)26(31)21-12-15-24(27-17-21)28-25(30)16-19-10-13-23(14-11-19)34(32,33)18-20-8-9-20/h3-7,10-15,17,20H,2,8-9,16,18H2,1H3,(H,27,28,30). The maximum absolute atomic E-state index is 12.9. The van der Waals surface area contributed by atoms with Crippen LogP contribution in [0.1, 0.15) is 35.7 Å². The molecule has 0 radical (unpaired) electrons. The normalized spacial score (nSPS) is 13.3. The molecule has 1 N–H and O–H groups in total. The Morgan fingerprint density at radius 3 is 2.29 bits per heavy atom. The van der Waals surface area contributed by atoms with Gasteiger partial charge < -0.3 is 10.2 Å². The van der Waals surface area contributed by atoms with Gasteiger partial charge in [0.2, 0.25) is 5.91 Å². The molecule has 0 aliphatic heterocycles. The number of benzene rings is 2. The zero-order chi connectivity index (χ0) is 24.1. The van der Waals surface area contributed by atoms with E-state index in [1.807, 2.05) is 37.3 Å². The molecule has 1 aliphatic carbocycles. The maximum Gasteiger partial charge on any atom is 0.259 e. The van der Waals surface area contributed by atoms with Gasteiger partial charge in [-0.3, -0.25) is 9.59 Å². The van der Waals surface area contributed by atoms with Crippen LogP contribution in [0.3, 0.4) is 0 Å². The summed E-state index contributed by atoms with van der Waals surface area (Å²) < 4.78 is 24.7. The number of anilines is 2. The molecule has 1 fully saturated rings. The summed E-state index contributed by atoms with van der Waals surface area (Å²) in [4.78, 5) is 31.5. The number of sulfone groups is 1. The monoisotopic (exact) mass is 477 g/mol. The SMILES string of the molecule is CCN(C(=O)c1ccc(NC(=O)Cc2ccc(S(=O)(=O)CC3CC3)cc2)nc1)c1ccccc1. The molecule has 7 nitrogen and oxygen atoms in total. The Morgan fingerprint density at radius 1 is 1.00 bits per heavy atom. The number of rotatable bonds is 9. The second-order valence-corrected chi connectivity index (χ2v) is 10.4. The van der Waals surface area contributed by atoms with E-state index in [1.165, 1.54) is 6.20 Å². The minimum absolute atomic E-state index is 0.0862. The molecule has 0 bridgehead atoms. The molecule has 0 spiro atoms. The van der Waals surface area contributed by atoms with Crippen LogP contribution in [0.4, 0.5) is 11.5 Å². The molecule has 34 heavy (non-hydrogen) atoms. The smallest absolute Gasteiger partial charge is 0.259 e. The van der Waals surface area contributed by atoms with Crippen molar-refractivity contribution in [2.45, 2.75) is 31.1 Å². The first-order chi connectivity index (χ1) is 16.4. The molecule has 1 aliphatic rings. The van der Waals surface area contributed by atoms with Crippen LogP contribution in [0, 0.1) is 5.92 Å². The molecule has 1 saturated carbocycles. The highest BCUT2D eigenvalue weighted by Crippen LogP contribution is 2.32. The number of amides is 2. The summed E-state index contributed by atoms with van der Waals surface area (Å²) >= 11 is 0. The Bertz CT molecular complexity index is 1250. The van der Waals surface area contributed by atoms with Crippen molar-refractivity contribution in [2.24, 2.45) is 5.92 Å². The van der Waals surface area contributed by atoms with Crippen molar-refractivity contribution in [2.75, 3.05) is 22.5 Å². The highest BCUT2D eigenvalue weighted by atomic mass is 32.2. The second-order valence-electron chi connectivity index (χ2n) is 8.41. The molecule has 0 unspecified atom stereocenters. The highest BCUT2D eigenvalue weighted by Gasteiger charge is 2.29. The van der Waals surface area contributed by atoms with Crippen molar-refractivity contribution in [3.05, 3.63) is 84.1 Å². The van der Waals surface area contributed by atoms with E-state index >= 15 is 0 Å². The first-order valence-electron chi connectivity index (χ1n) is 11.3. The number of nitrogens with zero attached hydrogens (tertiary/aromatic N) is 2. The predicted molar refractivity (Wildman–Crippen MR) is 132 cm³/mol. The molecule has 2 aromatic carbocycles. The van der Waals surface area contributed by atoms with Gasteiger partial charge in [-0.05, 0) is 67.6 Å². The molecule has 0 atom stereocenters. The van der Waals surface area contributed by atoms with Gasteiger partial charge in [0.15, 0.2) is 9.84 Å².